The molecule has 0 radical (unpaired) electrons. The van der Waals surface area contributed by atoms with Crippen LogP contribution in [0.4, 0.5) is 0 Å². The van der Waals surface area contributed by atoms with E-state index in [4.69, 9.17) is 5.11 Å². The molecular weight excluding hydrogens is 236 g/mol. The van der Waals surface area contributed by atoms with Crippen LogP contribution in [0.3, 0.4) is 0 Å². The highest BCUT2D eigenvalue weighted by Crippen LogP contribution is 2.14. The fourth-order valence-corrected chi connectivity index (χ4v) is 1.93. The van der Waals surface area contributed by atoms with E-state index in [2.05, 4.69) is 17.2 Å². The molecule has 17 heavy (non-hydrogen) atoms. The SMILES string of the molecule is CN(C)CCNC(=O)c1ccc(C#CCO)s1. The molecule has 0 fully saturated rings. The molecule has 0 aromatic carbocycles. The van der Waals surface area contributed by atoms with E-state index in [1.165, 1.54) is 11.3 Å². The van der Waals surface area contributed by atoms with Crippen molar-refractivity contribution >= 4 is 17.2 Å². The van der Waals surface area contributed by atoms with Crippen molar-refractivity contribution in [3.05, 3.63) is 21.9 Å². The van der Waals surface area contributed by atoms with Crippen molar-refractivity contribution in [3.63, 3.8) is 0 Å². The monoisotopic (exact) mass is 252 g/mol. The average molecular weight is 252 g/mol. The number of thiophene rings is 1. The van der Waals surface area contributed by atoms with Crippen LogP contribution in [-0.4, -0.2) is 49.7 Å². The Morgan fingerprint density at radius 2 is 2.29 bits per heavy atom. The Bertz CT molecular complexity index is 429. The Morgan fingerprint density at radius 1 is 1.53 bits per heavy atom. The molecule has 0 spiro atoms. The van der Waals surface area contributed by atoms with E-state index in [1.807, 2.05) is 19.0 Å². The second-order valence-electron chi connectivity index (χ2n) is 3.68. The van der Waals surface area contributed by atoms with E-state index in [9.17, 15) is 4.79 Å². The van der Waals surface area contributed by atoms with Gasteiger partial charge in [0, 0.05) is 13.1 Å². The van der Waals surface area contributed by atoms with Crippen LogP contribution < -0.4 is 5.32 Å². The summed E-state index contributed by atoms with van der Waals surface area (Å²) in [7, 11) is 3.92. The summed E-state index contributed by atoms with van der Waals surface area (Å²) in [5, 5.41) is 11.4. The van der Waals surface area contributed by atoms with Crippen LogP contribution in [-0.2, 0) is 0 Å². The molecule has 0 saturated carbocycles. The zero-order valence-electron chi connectivity index (χ0n) is 9.99. The lowest BCUT2D eigenvalue weighted by atomic mass is 10.4. The van der Waals surface area contributed by atoms with Gasteiger partial charge in [0.05, 0.1) is 9.75 Å². The normalized spacial score (nSPS) is 9.88. The fraction of sp³-hybridized carbons (Fsp3) is 0.417. The van der Waals surface area contributed by atoms with Crippen LogP contribution >= 0.6 is 11.3 Å². The summed E-state index contributed by atoms with van der Waals surface area (Å²) in [6, 6.07) is 3.53. The van der Waals surface area contributed by atoms with Gasteiger partial charge < -0.3 is 15.3 Å². The third-order valence-electron chi connectivity index (χ3n) is 1.97. The maximum atomic E-state index is 11.7. The highest BCUT2D eigenvalue weighted by atomic mass is 32.1. The first-order chi connectivity index (χ1) is 8.13. The largest absolute Gasteiger partial charge is 0.384 e. The Hall–Kier alpha value is -1.35. The van der Waals surface area contributed by atoms with Crippen LogP contribution in [0, 0.1) is 11.8 Å². The van der Waals surface area contributed by atoms with E-state index in [-0.39, 0.29) is 12.5 Å². The van der Waals surface area contributed by atoms with Gasteiger partial charge in [0.15, 0.2) is 0 Å². The van der Waals surface area contributed by atoms with Gasteiger partial charge in [-0.25, -0.2) is 0 Å². The Morgan fingerprint density at radius 3 is 2.94 bits per heavy atom. The number of aliphatic hydroxyl groups is 1. The molecule has 0 unspecified atom stereocenters. The number of hydrogen-bond donors (Lipinski definition) is 2. The minimum Gasteiger partial charge on any atom is -0.384 e. The maximum Gasteiger partial charge on any atom is 0.261 e. The minimum absolute atomic E-state index is 0.0751. The number of amides is 1. The van der Waals surface area contributed by atoms with Crippen molar-refractivity contribution in [3.8, 4) is 11.8 Å². The van der Waals surface area contributed by atoms with Crippen LogP contribution in [0.5, 0.6) is 0 Å². The zero-order valence-corrected chi connectivity index (χ0v) is 10.8. The quantitative estimate of drug-likeness (QED) is 0.762. The highest BCUT2D eigenvalue weighted by Gasteiger charge is 2.07. The lowest BCUT2D eigenvalue weighted by Gasteiger charge is -2.09. The highest BCUT2D eigenvalue weighted by molar-refractivity contribution is 7.14. The number of likely N-dealkylation sites (N-methyl/N-ethyl adjacent to an activating group) is 1. The number of aliphatic hydroxyl groups excluding tert-OH is 1. The molecule has 2 N–H and O–H groups in total. The smallest absolute Gasteiger partial charge is 0.261 e. The van der Waals surface area contributed by atoms with E-state index in [0.717, 1.165) is 11.4 Å². The lowest BCUT2D eigenvalue weighted by Crippen LogP contribution is -2.30. The lowest BCUT2D eigenvalue weighted by molar-refractivity contribution is 0.0955. The van der Waals surface area contributed by atoms with Crippen molar-refractivity contribution in [1.82, 2.24) is 10.2 Å². The van der Waals surface area contributed by atoms with E-state index >= 15 is 0 Å². The average Bonchev–Trinajstić information content (AvgIpc) is 2.74. The minimum atomic E-state index is -0.164. The fourth-order valence-electron chi connectivity index (χ4n) is 1.13. The summed E-state index contributed by atoms with van der Waals surface area (Å²) >= 11 is 1.33. The molecule has 0 aliphatic rings. The van der Waals surface area contributed by atoms with Gasteiger partial charge in [-0.15, -0.1) is 11.3 Å². The Balaban J connectivity index is 2.49. The molecule has 0 atom stereocenters. The van der Waals surface area contributed by atoms with Crippen molar-refractivity contribution in [2.75, 3.05) is 33.8 Å². The first-order valence-electron chi connectivity index (χ1n) is 5.26. The molecule has 4 nitrogen and oxygen atoms in total. The maximum absolute atomic E-state index is 11.7. The van der Waals surface area contributed by atoms with Crippen molar-refractivity contribution in [2.24, 2.45) is 0 Å². The molecular formula is C12H16N2O2S. The van der Waals surface area contributed by atoms with Gasteiger partial charge in [-0.2, -0.15) is 0 Å². The van der Waals surface area contributed by atoms with Gasteiger partial charge >= 0.3 is 0 Å². The van der Waals surface area contributed by atoms with Crippen LogP contribution in [0.2, 0.25) is 0 Å². The third-order valence-corrected chi connectivity index (χ3v) is 2.96. The first kappa shape index (κ1) is 13.7. The molecule has 1 amide bonds. The second kappa shape index (κ2) is 7.07. The molecule has 1 aromatic heterocycles. The van der Waals surface area contributed by atoms with Crippen molar-refractivity contribution in [2.45, 2.75) is 0 Å². The molecule has 0 aliphatic carbocycles. The molecule has 0 bridgehead atoms. The van der Waals surface area contributed by atoms with Gasteiger partial charge in [0.25, 0.3) is 5.91 Å². The third kappa shape index (κ3) is 5.00. The standard InChI is InChI=1S/C12H16N2O2S/c1-14(2)8-7-13-12(16)11-6-5-10(17-11)4-3-9-15/h5-6,15H,7-9H2,1-2H3,(H,13,16). The predicted octanol–water partition coefficient (Wildman–Crippen LogP) is 0.383. The number of nitrogens with zero attached hydrogens (tertiary/aromatic N) is 1. The number of rotatable bonds is 4. The van der Waals surface area contributed by atoms with Gasteiger partial charge in [-0.05, 0) is 26.2 Å². The number of hydrogen-bond acceptors (Lipinski definition) is 4. The van der Waals surface area contributed by atoms with Crippen LogP contribution in [0.25, 0.3) is 0 Å². The van der Waals surface area contributed by atoms with E-state index in [0.29, 0.717) is 11.4 Å². The molecule has 0 aliphatic heterocycles. The first-order valence-corrected chi connectivity index (χ1v) is 6.07. The number of nitrogens with one attached hydrogen (secondary N) is 1. The topological polar surface area (TPSA) is 52.6 Å². The molecule has 0 saturated heterocycles. The molecule has 1 aromatic rings. The molecule has 5 heteroatoms. The summed E-state index contributed by atoms with van der Waals surface area (Å²) < 4.78 is 0. The number of carbonyl (C=O) groups is 1. The second-order valence-corrected chi connectivity index (χ2v) is 4.77. The van der Waals surface area contributed by atoms with Crippen molar-refractivity contribution in [1.29, 1.82) is 0 Å². The Labute approximate surface area is 105 Å². The predicted molar refractivity (Wildman–Crippen MR) is 69.2 cm³/mol. The summed E-state index contributed by atoms with van der Waals surface area (Å²) in [4.78, 5) is 15.1. The van der Waals surface area contributed by atoms with Crippen molar-refractivity contribution < 1.29 is 9.90 Å². The molecule has 1 heterocycles. The van der Waals surface area contributed by atoms with E-state index < -0.39 is 0 Å². The van der Waals surface area contributed by atoms with Gasteiger partial charge in [0.1, 0.15) is 6.61 Å². The summed E-state index contributed by atoms with van der Waals surface area (Å²) in [5.74, 6) is 5.25. The number of carbonyl (C=O) groups excluding carboxylic acids is 1. The summed E-state index contributed by atoms with van der Waals surface area (Å²) in [6.07, 6.45) is 0. The van der Waals surface area contributed by atoms with Gasteiger partial charge in [-0.1, -0.05) is 11.8 Å². The molecule has 92 valence electrons. The summed E-state index contributed by atoms with van der Waals surface area (Å²) in [6.45, 7) is 1.28. The van der Waals surface area contributed by atoms with Crippen LogP contribution in [0.15, 0.2) is 12.1 Å². The molecule has 1 rings (SSSR count). The van der Waals surface area contributed by atoms with Gasteiger partial charge in [-0.3, -0.25) is 4.79 Å². The van der Waals surface area contributed by atoms with Crippen LogP contribution in [0.1, 0.15) is 14.5 Å². The Kier molecular flexibility index (Phi) is 5.70. The van der Waals surface area contributed by atoms with E-state index in [1.54, 1.807) is 12.1 Å². The van der Waals surface area contributed by atoms with Gasteiger partial charge in [0.2, 0.25) is 0 Å². The summed E-state index contributed by atoms with van der Waals surface area (Å²) in [5.41, 5.74) is 0. The zero-order chi connectivity index (χ0) is 12.7.